The Morgan fingerprint density at radius 3 is 2.48 bits per heavy atom. The predicted octanol–water partition coefficient (Wildman–Crippen LogP) is 3.73. The number of nitrogens with zero attached hydrogens (tertiary/aromatic N) is 1. The monoisotopic (exact) mass is 289 g/mol. The van der Waals surface area contributed by atoms with Crippen LogP contribution in [-0.4, -0.2) is 10.1 Å². The van der Waals surface area contributed by atoms with Gasteiger partial charge in [-0.05, 0) is 23.8 Å². The fourth-order valence-electron chi connectivity index (χ4n) is 2.18. The lowest BCUT2D eigenvalue weighted by molar-refractivity contribution is 0.214. The molecule has 106 valence electrons. The summed E-state index contributed by atoms with van der Waals surface area (Å²) in [5.74, 6) is -3.49. The normalized spacial score (nSPS) is 12.6. The number of fused-ring (bicyclic) bond motifs is 1. The summed E-state index contributed by atoms with van der Waals surface area (Å²) >= 11 is 0. The van der Waals surface area contributed by atoms with Crippen molar-refractivity contribution < 1.29 is 18.3 Å². The van der Waals surface area contributed by atoms with Gasteiger partial charge in [0.05, 0.1) is 5.52 Å². The minimum atomic E-state index is -1.40. The second-order valence-electron chi connectivity index (χ2n) is 4.65. The molecule has 0 amide bonds. The molecule has 3 rings (SSSR count). The summed E-state index contributed by atoms with van der Waals surface area (Å²) in [6.45, 7) is 0. The number of benzene rings is 2. The average Bonchev–Trinajstić information content (AvgIpc) is 2.50. The summed E-state index contributed by atoms with van der Waals surface area (Å²) in [4.78, 5) is 4.13. The van der Waals surface area contributed by atoms with Crippen molar-refractivity contribution in [2.24, 2.45) is 0 Å². The van der Waals surface area contributed by atoms with E-state index in [4.69, 9.17) is 0 Å². The van der Waals surface area contributed by atoms with Gasteiger partial charge in [0.25, 0.3) is 0 Å². The minimum Gasteiger partial charge on any atom is -0.384 e. The van der Waals surface area contributed by atoms with Gasteiger partial charge in [0.2, 0.25) is 0 Å². The van der Waals surface area contributed by atoms with Gasteiger partial charge >= 0.3 is 0 Å². The molecule has 0 aliphatic rings. The van der Waals surface area contributed by atoms with Gasteiger partial charge in [-0.3, -0.25) is 4.98 Å². The maximum Gasteiger partial charge on any atom is 0.161 e. The molecular formula is C16H10F3NO. The van der Waals surface area contributed by atoms with E-state index in [0.29, 0.717) is 23.2 Å². The average molecular weight is 289 g/mol. The van der Waals surface area contributed by atoms with Gasteiger partial charge in [-0.2, -0.15) is 0 Å². The van der Waals surface area contributed by atoms with Crippen LogP contribution in [0.15, 0.2) is 48.7 Å². The lowest BCUT2D eigenvalue weighted by Gasteiger charge is -2.13. The molecule has 2 nitrogen and oxygen atoms in total. The molecule has 2 aromatic carbocycles. The van der Waals surface area contributed by atoms with Crippen molar-refractivity contribution in [3.8, 4) is 0 Å². The number of aliphatic hydroxyl groups is 1. The lowest BCUT2D eigenvalue weighted by Crippen LogP contribution is -2.04. The fraction of sp³-hybridized carbons (Fsp3) is 0.0625. The van der Waals surface area contributed by atoms with Crippen LogP contribution in [0.3, 0.4) is 0 Å². The van der Waals surface area contributed by atoms with Crippen LogP contribution in [0.2, 0.25) is 0 Å². The molecule has 1 unspecified atom stereocenters. The maximum atomic E-state index is 13.7. The van der Waals surface area contributed by atoms with E-state index < -0.39 is 23.6 Å². The fourth-order valence-corrected chi connectivity index (χ4v) is 2.18. The van der Waals surface area contributed by atoms with Crippen LogP contribution in [0.25, 0.3) is 10.9 Å². The highest BCUT2D eigenvalue weighted by molar-refractivity contribution is 5.79. The van der Waals surface area contributed by atoms with E-state index in [1.54, 1.807) is 30.5 Å². The highest BCUT2D eigenvalue weighted by atomic mass is 19.2. The van der Waals surface area contributed by atoms with Crippen molar-refractivity contribution in [1.29, 1.82) is 0 Å². The van der Waals surface area contributed by atoms with Crippen LogP contribution in [-0.2, 0) is 0 Å². The molecule has 0 bridgehead atoms. The molecule has 1 aromatic heterocycles. The van der Waals surface area contributed by atoms with E-state index in [0.717, 1.165) is 5.39 Å². The van der Waals surface area contributed by atoms with Gasteiger partial charge < -0.3 is 5.11 Å². The number of hydrogen-bond acceptors (Lipinski definition) is 2. The molecule has 0 aliphatic heterocycles. The zero-order valence-electron chi connectivity index (χ0n) is 10.7. The third-order valence-electron chi connectivity index (χ3n) is 3.28. The largest absolute Gasteiger partial charge is 0.384 e. The van der Waals surface area contributed by atoms with Crippen LogP contribution in [0.1, 0.15) is 17.2 Å². The zero-order chi connectivity index (χ0) is 15.0. The number of aromatic nitrogens is 1. The van der Waals surface area contributed by atoms with E-state index in [1.165, 1.54) is 0 Å². The number of rotatable bonds is 2. The SMILES string of the molecule is OC(c1ccc2cccnc2c1)c1cc(F)c(F)cc1F. The van der Waals surface area contributed by atoms with Crippen molar-refractivity contribution in [2.45, 2.75) is 6.10 Å². The summed E-state index contributed by atoms with van der Waals surface area (Å²) in [6.07, 6.45) is 0.197. The molecule has 0 saturated carbocycles. The molecule has 1 N–H and O–H groups in total. The summed E-state index contributed by atoms with van der Waals surface area (Å²) < 4.78 is 39.8. The van der Waals surface area contributed by atoms with Gasteiger partial charge in [-0.1, -0.05) is 18.2 Å². The van der Waals surface area contributed by atoms with Gasteiger partial charge in [-0.25, -0.2) is 13.2 Å². The molecule has 0 fully saturated rings. The van der Waals surface area contributed by atoms with Crippen molar-refractivity contribution in [3.63, 3.8) is 0 Å². The van der Waals surface area contributed by atoms with Crippen LogP contribution in [0.5, 0.6) is 0 Å². The second kappa shape index (κ2) is 5.18. The molecule has 5 heteroatoms. The Balaban J connectivity index is 2.07. The smallest absolute Gasteiger partial charge is 0.161 e. The Morgan fingerprint density at radius 1 is 0.905 bits per heavy atom. The van der Waals surface area contributed by atoms with Crippen LogP contribution in [0.4, 0.5) is 13.2 Å². The van der Waals surface area contributed by atoms with E-state index >= 15 is 0 Å². The molecule has 0 saturated heterocycles. The highest BCUT2D eigenvalue weighted by Gasteiger charge is 2.18. The first-order valence-electron chi connectivity index (χ1n) is 6.23. The highest BCUT2D eigenvalue weighted by Crippen LogP contribution is 2.27. The number of pyridine rings is 1. The van der Waals surface area contributed by atoms with Crippen molar-refractivity contribution in [1.82, 2.24) is 4.98 Å². The van der Waals surface area contributed by atoms with Crippen molar-refractivity contribution in [3.05, 3.63) is 77.2 Å². The van der Waals surface area contributed by atoms with Gasteiger partial charge in [0.15, 0.2) is 11.6 Å². The topological polar surface area (TPSA) is 33.1 Å². The van der Waals surface area contributed by atoms with E-state index in [-0.39, 0.29) is 5.56 Å². The first-order chi connectivity index (χ1) is 10.1. The Bertz CT molecular complexity index is 820. The summed E-state index contributed by atoms with van der Waals surface area (Å²) in [6, 6.07) is 9.60. The first-order valence-corrected chi connectivity index (χ1v) is 6.23. The zero-order valence-corrected chi connectivity index (χ0v) is 10.7. The maximum absolute atomic E-state index is 13.7. The summed E-state index contributed by atoms with van der Waals surface area (Å²) in [7, 11) is 0. The van der Waals surface area contributed by atoms with Crippen LogP contribution >= 0.6 is 0 Å². The molecule has 0 aliphatic carbocycles. The third-order valence-corrected chi connectivity index (χ3v) is 3.28. The number of aliphatic hydroxyl groups excluding tert-OH is 1. The van der Waals surface area contributed by atoms with E-state index in [9.17, 15) is 18.3 Å². The van der Waals surface area contributed by atoms with Crippen molar-refractivity contribution in [2.75, 3.05) is 0 Å². The molecular weight excluding hydrogens is 279 g/mol. The summed E-state index contributed by atoms with van der Waals surface area (Å²) in [5, 5.41) is 11.1. The molecule has 3 aromatic rings. The standard InChI is InChI=1S/C16H10F3NO/c17-12-8-14(19)13(18)7-11(12)16(21)10-4-3-9-2-1-5-20-15(9)6-10/h1-8,16,21H. The number of hydrogen-bond donors (Lipinski definition) is 1. The van der Waals surface area contributed by atoms with Crippen LogP contribution < -0.4 is 0 Å². The quantitative estimate of drug-likeness (QED) is 0.729. The van der Waals surface area contributed by atoms with Crippen molar-refractivity contribution >= 4 is 10.9 Å². The predicted molar refractivity (Wildman–Crippen MR) is 72.1 cm³/mol. The van der Waals surface area contributed by atoms with Gasteiger partial charge in [0.1, 0.15) is 11.9 Å². The molecule has 0 radical (unpaired) electrons. The second-order valence-corrected chi connectivity index (χ2v) is 4.65. The first kappa shape index (κ1) is 13.6. The minimum absolute atomic E-state index is 0.316. The van der Waals surface area contributed by atoms with Gasteiger partial charge in [-0.15, -0.1) is 0 Å². The van der Waals surface area contributed by atoms with Crippen LogP contribution in [0, 0.1) is 17.5 Å². The summed E-state index contributed by atoms with van der Waals surface area (Å²) in [5.41, 5.74) is 0.660. The molecule has 0 spiro atoms. The lowest BCUT2D eigenvalue weighted by atomic mass is 9.99. The Morgan fingerprint density at radius 2 is 1.67 bits per heavy atom. The Labute approximate surface area is 118 Å². The Hall–Kier alpha value is -2.40. The molecule has 1 atom stereocenters. The van der Waals surface area contributed by atoms with E-state index in [2.05, 4.69) is 4.98 Å². The molecule has 21 heavy (non-hydrogen) atoms. The third kappa shape index (κ3) is 2.48. The number of halogens is 3. The van der Waals surface area contributed by atoms with E-state index in [1.807, 2.05) is 6.07 Å². The van der Waals surface area contributed by atoms with Gasteiger partial charge in [0, 0.05) is 23.2 Å². The Kier molecular flexibility index (Phi) is 3.35. The molecule has 1 heterocycles.